The summed E-state index contributed by atoms with van der Waals surface area (Å²) >= 11 is 0. The molecular weight excluding hydrogens is 372 g/mol. The molecule has 2 heterocycles. The van der Waals surface area contributed by atoms with Crippen molar-refractivity contribution in [1.29, 1.82) is 0 Å². The molecule has 0 aliphatic carbocycles. The summed E-state index contributed by atoms with van der Waals surface area (Å²) in [5, 5.41) is 4.75. The topological polar surface area (TPSA) is 41.4 Å². The summed E-state index contributed by atoms with van der Waals surface area (Å²) in [4.78, 5) is 17.9. The normalized spacial score (nSPS) is 16.8. The Morgan fingerprint density at radius 1 is 1.23 bits per heavy atom. The van der Waals surface area contributed by atoms with Crippen molar-refractivity contribution in [3.63, 3.8) is 0 Å². The second-order valence-corrected chi connectivity index (χ2v) is 8.97. The van der Waals surface area contributed by atoms with Gasteiger partial charge < -0.3 is 4.90 Å². The standard InChI is InChI=1S/C25H38N4O/c1-7-27(8-2)23-14-15-28(17-23)25(30)24-19(5)26-29(20(24)6)22-11-9-10-21(16-22)13-12-18(3)4/h9-11,16,18,23H,7-8,12-15,17H2,1-6H3. The summed E-state index contributed by atoms with van der Waals surface area (Å²) in [7, 11) is 0. The number of rotatable bonds is 8. The number of carbonyl (C=O) groups is 1. The van der Waals surface area contributed by atoms with E-state index in [1.54, 1.807) is 0 Å². The lowest BCUT2D eigenvalue weighted by molar-refractivity contribution is 0.0776. The van der Waals surface area contributed by atoms with Crippen LogP contribution in [0, 0.1) is 19.8 Å². The molecular formula is C25H38N4O. The third-order valence-electron chi connectivity index (χ3n) is 6.45. The first kappa shape index (κ1) is 22.5. The van der Waals surface area contributed by atoms with E-state index in [1.807, 2.05) is 23.4 Å². The molecule has 0 bridgehead atoms. The molecule has 1 aliphatic rings. The van der Waals surface area contributed by atoms with E-state index in [0.29, 0.717) is 12.0 Å². The van der Waals surface area contributed by atoms with E-state index < -0.39 is 0 Å². The summed E-state index contributed by atoms with van der Waals surface area (Å²) < 4.78 is 1.94. The van der Waals surface area contributed by atoms with Gasteiger partial charge in [-0.25, -0.2) is 4.68 Å². The minimum absolute atomic E-state index is 0.127. The van der Waals surface area contributed by atoms with Crippen molar-refractivity contribution >= 4 is 5.91 Å². The molecule has 0 radical (unpaired) electrons. The molecule has 0 spiro atoms. The maximum absolute atomic E-state index is 13.4. The van der Waals surface area contributed by atoms with Gasteiger partial charge in [0.2, 0.25) is 0 Å². The summed E-state index contributed by atoms with van der Waals surface area (Å²) in [5.74, 6) is 0.814. The average molecular weight is 411 g/mol. The fourth-order valence-corrected chi connectivity index (χ4v) is 4.63. The molecule has 1 saturated heterocycles. The van der Waals surface area contributed by atoms with Gasteiger partial charge in [0, 0.05) is 19.1 Å². The third kappa shape index (κ3) is 4.77. The number of amides is 1. The van der Waals surface area contributed by atoms with Crippen LogP contribution in [-0.2, 0) is 6.42 Å². The summed E-state index contributed by atoms with van der Waals surface area (Å²) in [5.41, 5.74) is 4.88. The number of likely N-dealkylation sites (N-methyl/N-ethyl adjacent to an activating group) is 1. The predicted molar refractivity (Wildman–Crippen MR) is 123 cm³/mol. The van der Waals surface area contributed by atoms with Gasteiger partial charge in [0.25, 0.3) is 5.91 Å². The molecule has 3 rings (SSSR count). The van der Waals surface area contributed by atoms with Crippen LogP contribution >= 0.6 is 0 Å². The number of hydrogen-bond donors (Lipinski definition) is 0. The van der Waals surface area contributed by atoms with Crippen LogP contribution in [0.5, 0.6) is 0 Å². The summed E-state index contributed by atoms with van der Waals surface area (Å²) in [6.07, 6.45) is 3.29. The number of carbonyl (C=O) groups excluding carboxylic acids is 1. The Labute approximate surface area is 182 Å². The van der Waals surface area contributed by atoms with Gasteiger partial charge in [0.1, 0.15) is 0 Å². The quantitative estimate of drug-likeness (QED) is 0.637. The lowest BCUT2D eigenvalue weighted by Gasteiger charge is -2.26. The van der Waals surface area contributed by atoms with E-state index in [2.05, 4.69) is 56.9 Å². The van der Waals surface area contributed by atoms with E-state index in [1.165, 1.54) is 12.0 Å². The van der Waals surface area contributed by atoms with Crippen LogP contribution in [0.2, 0.25) is 0 Å². The molecule has 1 amide bonds. The molecule has 1 aliphatic heterocycles. The van der Waals surface area contributed by atoms with Crippen molar-refractivity contribution < 1.29 is 4.79 Å². The fraction of sp³-hybridized carbons (Fsp3) is 0.600. The zero-order chi connectivity index (χ0) is 21.8. The number of likely N-dealkylation sites (tertiary alicyclic amines) is 1. The molecule has 1 fully saturated rings. The fourth-order valence-electron chi connectivity index (χ4n) is 4.63. The van der Waals surface area contributed by atoms with Gasteiger partial charge >= 0.3 is 0 Å². The largest absolute Gasteiger partial charge is 0.337 e. The number of hydrogen-bond acceptors (Lipinski definition) is 3. The molecule has 1 aromatic heterocycles. The van der Waals surface area contributed by atoms with Gasteiger partial charge in [-0.15, -0.1) is 0 Å². The van der Waals surface area contributed by atoms with Crippen LogP contribution in [0.4, 0.5) is 0 Å². The first-order valence-electron chi connectivity index (χ1n) is 11.5. The Bertz CT molecular complexity index is 866. The second kappa shape index (κ2) is 9.78. The van der Waals surface area contributed by atoms with Gasteiger partial charge in [-0.3, -0.25) is 9.69 Å². The molecule has 1 atom stereocenters. The van der Waals surface area contributed by atoms with Crippen molar-refractivity contribution in [3.8, 4) is 5.69 Å². The first-order chi connectivity index (χ1) is 14.3. The van der Waals surface area contributed by atoms with Crippen molar-refractivity contribution in [2.75, 3.05) is 26.2 Å². The van der Waals surface area contributed by atoms with Gasteiger partial charge in [-0.05, 0) is 69.8 Å². The number of nitrogens with zero attached hydrogens (tertiary/aromatic N) is 4. The smallest absolute Gasteiger partial charge is 0.257 e. The maximum atomic E-state index is 13.4. The lowest BCUT2D eigenvalue weighted by atomic mass is 10.0. The second-order valence-electron chi connectivity index (χ2n) is 8.97. The van der Waals surface area contributed by atoms with Crippen LogP contribution in [0.15, 0.2) is 24.3 Å². The Hall–Kier alpha value is -2.14. The lowest BCUT2D eigenvalue weighted by Crippen LogP contribution is -2.38. The van der Waals surface area contributed by atoms with Gasteiger partial charge in [-0.1, -0.05) is 39.8 Å². The highest BCUT2D eigenvalue weighted by atomic mass is 16.2. The SMILES string of the molecule is CCN(CC)C1CCN(C(=O)c2c(C)nn(-c3cccc(CCC(C)C)c3)c2C)C1. The van der Waals surface area contributed by atoms with Crippen LogP contribution < -0.4 is 0 Å². The maximum Gasteiger partial charge on any atom is 0.257 e. The molecule has 164 valence electrons. The molecule has 0 N–H and O–H groups in total. The zero-order valence-electron chi connectivity index (χ0n) is 19.6. The zero-order valence-corrected chi connectivity index (χ0v) is 19.6. The number of aromatic nitrogens is 2. The predicted octanol–water partition coefficient (Wildman–Crippen LogP) is 4.63. The van der Waals surface area contributed by atoms with Crippen LogP contribution in [-0.4, -0.2) is 57.7 Å². The molecule has 1 unspecified atom stereocenters. The molecule has 0 saturated carbocycles. The van der Waals surface area contributed by atoms with Crippen LogP contribution in [0.3, 0.4) is 0 Å². The van der Waals surface area contributed by atoms with Crippen molar-refractivity contribution in [3.05, 3.63) is 46.8 Å². The minimum Gasteiger partial charge on any atom is -0.337 e. The van der Waals surface area contributed by atoms with E-state index in [-0.39, 0.29) is 5.91 Å². The first-order valence-corrected chi connectivity index (χ1v) is 11.5. The van der Waals surface area contributed by atoms with E-state index >= 15 is 0 Å². The van der Waals surface area contributed by atoms with E-state index in [9.17, 15) is 4.79 Å². The molecule has 30 heavy (non-hydrogen) atoms. The molecule has 1 aromatic carbocycles. The highest BCUT2D eigenvalue weighted by Gasteiger charge is 2.32. The molecule has 2 aromatic rings. The third-order valence-corrected chi connectivity index (χ3v) is 6.45. The van der Waals surface area contributed by atoms with Crippen LogP contribution in [0.25, 0.3) is 5.69 Å². The Morgan fingerprint density at radius 2 is 1.97 bits per heavy atom. The van der Waals surface area contributed by atoms with Crippen molar-refractivity contribution in [2.24, 2.45) is 5.92 Å². The van der Waals surface area contributed by atoms with Crippen molar-refractivity contribution in [1.82, 2.24) is 19.6 Å². The number of aryl methyl sites for hydroxylation is 2. The van der Waals surface area contributed by atoms with E-state index in [0.717, 1.165) is 61.7 Å². The van der Waals surface area contributed by atoms with Gasteiger partial charge in [0.15, 0.2) is 0 Å². The summed E-state index contributed by atoms with van der Waals surface area (Å²) in [6, 6.07) is 9.04. The Balaban J connectivity index is 1.81. The molecule has 5 nitrogen and oxygen atoms in total. The monoisotopic (exact) mass is 410 g/mol. The minimum atomic E-state index is 0.127. The van der Waals surface area contributed by atoms with E-state index in [4.69, 9.17) is 5.10 Å². The summed E-state index contributed by atoms with van der Waals surface area (Å²) in [6.45, 7) is 16.6. The number of benzene rings is 1. The highest BCUT2D eigenvalue weighted by molar-refractivity contribution is 5.96. The van der Waals surface area contributed by atoms with Gasteiger partial charge in [-0.2, -0.15) is 5.10 Å². The molecule has 5 heteroatoms. The highest BCUT2D eigenvalue weighted by Crippen LogP contribution is 2.24. The Kier molecular flexibility index (Phi) is 7.35. The van der Waals surface area contributed by atoms with Crippen molar-refractivity contribution in [2.45, 2.75) is 66.8 Å². The van der Waals surface area contributed by atoms with Gasteiger partial charge in [0.05, 0.1) is 22.6 Å². The van der Waals surface area contributed by atoms with Crippen LogP contribution in [0.1, 0.15) is 67.8 Å². The average Bonchev–Trinajstić information content (AvgIpc) is 3.32. The Morgan fingerprint density at radius 3 is 2.63 bits per heavy atom.